The fraction of sp³-hybridized carbons (Fsp3) is 0.312. The molecule has 0 saturated heterocycles. The van der Waals surface area contributed by atoms with Crippen molar-refractivity contribution in [2.75, 3.05) is 6.61 Å². The van der Waals surface area contributed by atoms with E-state index in [1.165, 1.54) is 17.2 Å². The van der Waals surface area contributed by atoms with Crippen LogP contribution in [0.15, 0.2) is 36.5 Å². The molecule has 0 amide bonds. The Morgan fingerprint density at radius 1 is 1.38 bits per heavy atom. The molecule has 3 rings (SSSR count). The minimum atomic E-state index is -0.331. The van der Waals surface area contributed by atoms with Crippen LogP contribution in [0, 0.1) is 5.82 Å². The number of hydrogen-bond acceptors (Lipinski definition) is 4. The second kappa shape index (κ2) is 6.20. The van der Waals surface area contributed by atoms with Crippen LogP contribution in [0.25, 0.3) is 0 Å². The highest BCUT2D eigenvalue weighted by Gasteiger charge is 2.17. The Morgan fingerprint density at radius 3 is 3.10 bits per heavy atom. The number of aryl methyl sites for hydroxylation is 1. The highest BCUT2D eigenvalue weighted by molar-refractivity contribution is 5.39. The summed E-state index contributed by atoms with van der Waals surface area (Å²) < 4.78 is 19.3. The number of halogens is 1. The van der Waals surface area contributed by atoms with Crippen molar-refractivity contribution in [1.29, 1.82) is 0 Å². The van der Waals surface area contributed by atoms with Crippen LogP contribution >= 0.6 is 0 Å². The van der Waals surface area contributed by atoms with Gasteiger partial charge in [0.15, 0.2) is 0 Å². The topological polar surface area (TPSA) is 60.2 Å². The van der Waals surface area contributed by atoms with Crippen LogP contribution in [0.2, 0.25) is 0 Å². The number of pyridine rings is 1. The Bertz CT molecular complexity index is 633. The van der Waals surface area contributed by atoms with Gasteiger partial charge in [0, 0.05) is 12.6 Å². The summed E-state index contributed by atoms with van der Waals surface area (Å²) in [6, 6.07) is 8.89. The number of rotatable bonds is 5. The van der Waals surface area contributed by atoms with Gasteiger partial charge in [0.2, 0.25) is 0 Å². The molecule has 1 aliphatic rings. The summed E-state index contributed by atoms with van der Waals surface area (Å²) in [5, 5.41) is 0. The lowest BCUT2D eigenvalue weighted by atomic mass is 10.0. The Morgan fingerprint density at radius 2 is 2.29 bits per heavy atom. The smallest absolute Gasteiger partial charge is 0.146 e. The lowest BCUT2D eigenvalue weighted by Crippen LogP contribution is -2.29. The van der Waals surface area contributed by atoms with Gasteiger partial charge in [0.1, 0.15) is 11.6 Å². The third-order valence-corrected chi connectivity index (χ3v) is 3.79. The van der Waals surface area contributed by atoms with Gasteiger partial charge < -0.3 is 4.74 Å². The van der Waals surface area contributed by atoms with Crippen LogP contribution in [0.5, 0.6) is 5.75 Å². The Hall–Kier alpha value is -1.98. The van der Waals surface area contributed by atoms with E-state index >= 15 is 0 Å². The quantitative estimate of drug-likeness (QED) is 0.654. The third-order valence-electron chi connectivity index (χ3n) is 3.79. The molecule has 1 unspecified atom stereocenters. The third kappa shape index (κ3) is 3.04. The van der Waals surface area contributed by atoms with E-state index in [0.29, 0.717) is 12.1 Å². The van der Waals surface area contributed by atoms with Crippen molar-refractivity contribution in [2.45, 2.75) is 25.3 Å². The number of ether oxygens (including phenoxy) is 1. The Kier molecular flexibility index (Phi) is 4.13. The average Bonchev–Trinajstić information content (AvgIpc) is 2.97. The van der Waals surface area contributed by atoms with E-state index in [0.717, 1.165) is 25.2 Å². The maximum Gasteiger partial charge on any atom is 0.146 e. The largest absolute Gasteiger partial charge is 0.493 e. The van der Waals surface area contributed by atoms with E-state index in [4.69, 9.17) is 10.6 Å². The van der Waals surface area contributed by atoms with Gasteiger partial charge in [-0.05, 0) is 42.2 Å². The number of aromatic nitrogens is 1. The first-order chi connectivity index (χ1) is 10.3. The molecule has 4 nitrogen and oxygen atoms in total. The van der Waals surface area contributed by atoms with E-state index in [2.05, 4.69) is 16.5 Å². The molecule has 0 fully saturated rings. The molecule has 2 heterocycles. The second-order valence-electron chi connectivity index (χ2n) is 5.17. The van der Waals surface area contributed by atoms with Gasteiger partial charge in [-0.1, -0.05) is 12.1 Å². The molecule has 0 aliphatic carbocycles. The first-order valence-electron chi connectivity index (χ1n) is 7.09. The Labute approximate surface area is 123 Å². The van der Waals surface area contributed by atoms with Crippen molar-refractivity contribution >= 4 is 0 Å². The standard InChI is InChI=1S/C16H18FN3O/c17-13-2-1-8-19-16(13)14(20-18)5-3-11-4-6-15-12(10-11)7-9-21-15/h1-2,4,6,8,10,14,20H,3,5,7,9,18H2. The molecule has 110 valence electrons. The fourth-order valence-electron chi connectivity index (χ4n) is 2.66. The maximum atomic E-state index is 13.8. The van der Waals surface area contributed by atoms with Gasteiger partial charge in [-0.25, -0.2) is 4.39 Å². The highest BCUT2D eigenvalue weighted by Crippen LogP contribution is 2.27. The summed E-state index contributed by atoms with van der Waals surface area (Å²) in [5.41, 5.74) is 5.47. The molecule has 1 atom stereocenters. The van der Waals surface area contributed by atoms with E-state index in [-0.39, 0.29) is 11.9 Å². The monoisotopic (exact) mass is 287 g/mol. The van der Waals surface area contributed by atoms with Crippen LogP contribution in [-0.4, -0.2) is 11.6 Å². The van der Waals surface area contributed by atoms with Crippen molar-refractivity contribution in [1.82, 2.24) is 10.4 Å². The first kappa shape index (κ1) is 14.0. The minimum absolute atomic E-state index is 0.296. The Balaban J connectivity index is 1.70. The zero-order chi connectivity index (χ0) is 14.7. The van der Waals surface area contributed by atoms with Crippen LogP contribution in [0.3, 0.4) is 0 Å². The molecule has 3 N–H and O–H groups in total. The fourth-order valence-corrected chi connectivity index (χ4v) is 2.66. The van der Waals surface area contributed by atoms with Crippen LogP contribution < -0.4 is 16.0 Å². The summed E-state index contributed by atoms with van der Waals surface area (Å²) in [5.74, 6) is 6.20. The summed E-state index contributed by atoms with van der Waals surface area (Å²) in [6.07, 6.45) is 4.02. The van der Waals surface area contributed by atoms with Gasteiger partial charge in [-0.15, -0.1) is 0 Å². The predicted molar refractivity (Wildman–Crippen MR) is 78.2 cm³/mol. The molecule has 5 heteroatoms. The summed E-state index contributed by atoms with van der Waals surface area (Å²) in [4.78, 5) is 4.08. The van der Waals surface area contributed by atoms with Crippen LogP contribution in [0.4, 0.5) is 4.39 Å². The lowest BCUT2D eigenvalue weighted by molar-refractivity contribution is 0.357. The summed E-state index contributed by atoms with van der Waals surface area (Å²) in [7, 11) is 0. The van der Waals surface area contributed by atoms with E-state index < -0.39 is 0 Å². The molecule has 0 bridgehead atoms. The summed E-state index contributed by atoms with van der Waals surface area (Å²) >= 11 is 0. The zero-order valence-corrected chi connectivity index (χ0v) is 11.7. The minimum Gasteiger partial charge on any atom is -0.493 e. The predicted octanol–water partition coefficient (Wildman–Crippen LogP) is 2.29. The van der Waals surface area contributed by atoms with Crippen molar-refractivity contribution in [3.8, 4) is 5.75 Å². The summed E-state index contributed by atoms with van der Waals surface area (Å²) in [6.45, 7) is 0.755. The zero-order valence-electron chi connectivity index (χ0n) is 11.7. The van der Waals surface area contributed by atoms with Crippen molar-refractivity contribution < 1.29 is 9.13 Å². The van der Waals surface area contributed by atoms with Gasteiger partial charge in [-0.2, -0.15) is 0 Å². The highest BCUT2D eigenvalue weighted by atomic mass is 19.1. The van der Waals surface area contributed by atoms with Crippen molar-refractivity contribution in [2.24, 2.45) is 5.84 Å². The molecule has 1 aromatic carbocycles. The lowest BCUT2D eigenvalue weighted by Gasteiger charge is -2.16. The van der Waals surface area contributed by atoms with Crippen LogP contribution in [-0.2, 0) is 12.8 Å². The van der Waals surface area contributed by atoms with Gasteiger partial charge in [-0.3, -0.25) is 16.3 Å². The number of hydrazine groups is 1. The molecule has 1 aliphatic heterocycles. The SMILES string of the molecule is NNC(CCc1ccc2c(c1)CCO2)c1ncccc1F. The normalized spacial score (nSPS) is 14.6. The molecule has 1 aromatic heterocycles. The van der Waals surface area contributed by atoms with Gasteiger partial charge in [0.05, 0.1) is 18.3 Å². The van der Waals surface area contributed by atoms with Gasteiger partial charge in [0.25, 0.3) is 0 Å². The molecular formula is C16H18FN3O. The molecule has 2 aromatic rings. The van der Waals surface area contributed by atoms with E-state index in [1.807, 2.05) is 12.1 Å². The molecule has 0 radical (unpaired) electrons. The number of hydrogen-bond donors (Lipinski definition) is 2. The van der Waals surface area contributed by atoms with Crippen molar-refractivity contribution in [3.05, 3.63) is 59.2 Å². The van der Waals surface area contributed by atoms with Gasteiger partial charge >= 0.3 is 0 Å². The first-order valence-corrected chi connectivity index (χ1v) is 7.09. The number of nitrogens with one attached hydrogen (secondary N) is 1. The molecular weight excluding hydrogens is 269 g/mol. The molecule has 0 spiro atoms. The second-order valence-corrected chi connectivity index (χ2v) is 5.17. The number of benzene rings is 1. The van der Waals surface area contributed by atoms with Crippen LogP contribution in [0.1, 0.15) is 29.3 Å². The average molecular weight is 287 g/mol. The van der Waals surface area contributed by atoms with E-state index in [9.17, 15) is 4.39 Å². The number of nitrogens with zero attached hydrogens (tertiary/aromatic N) is 1. The van der Waals surface area contributed by atoms with E-state index in [1.54, 1.807) is 12.3 Å². The number of fused-ring (bicyclic) bond motifs is 1. The molecule has 0 saturated carbocycles. The maximum absolute atomic E-state index is 13.8. The molecule has 21 heavy (non-hydrogen) atoms. The van der Waals surface area contributed by atoms with Crippen molar-refractivity contribution in [3.63, 3.8) is 0 Å². The number of nitrogens with two attached hydrogens (primary N) is 1.